The smallest absolute Gasteiger partial charge is 0.0577 e. The second kappa shape index (κ2) is 6.30. The molecule has 0 aliphatic carbocycles. The maximum Gasteiger partial charge on any atom is 0.0577 e. The minimum absolute atomic E-state index is 0.720. The molecule has 1 aromatic rings. The highest BCUT2D eigenvalue weighted by atomic mass is 35.5. The van der Waals surface area contributed by atoms with Crippen LogP contribution in [0.2, 0.25) is 5.02 Å². The molecule has 0 saturated carbocycles. The summed E-state index contributed by atoms with van der Waals surface area (Å²) in [5.41, 5.74) is 8.71. The first kappa shape index (κ1) is 13.5. The average Bonchev–Trinajstić information content (AvgIpc) is 2.37. The summed E-state index contributed by atoms with van der Waals surface area (Å²) in [5.74, 6) is 0.779. The van der Waals surface area contributed by atoms with Crippen molar-refractivity contribution in [3.05, 3.63) is 22.7 Å². The van der Waals surface area contributed by atoms with E-state index in [0.717, 1.165) is 47.6 Å². The van der Waals surface area contributed by atoms with E-state index in [1.165, 1.54) is 19.3 Å². The highest BCUT2D eigenvalue weighted by molar-refractivity contribution is 6.31. The largest absolute Gasteiger partial charge is 0.397 e. The van der Waals surface area contributed by atoms with Gasteiger partial charge in [0.15, 0.2) is 0 Å². The fraction of sp³-hybridized carbons (Fsp3) is 0.571. The summed E-state index contributed by atoms with van der Waals surface area (Å²) in [6.07, 6.45) is 3.53. The van der Waals surface area contributed by atoms with Gasteiger partial charge in [-0.1, -0.05) is 11.6 Å². The Morgan fingerprint density at radius 2 is 2.11 bits per heavy atom. The van der Waals surface area contributed by atoms with Crippen LogP contribution in [0.3, 0.4) is 0 Å². The lowest BCUT2D eigenvalue weighted by atomic mass is 9.96. The van der Waals surface area contributed by atoms with Gasteiger partial charge in [-0.05, 0) is 49.8 Å². The number of hydrogen-bond donors (Lipinski definition) is 2. The first-order valence-corrected chi connectivity index (χ1v) is 6.92. The standard InChI is InChI=1S/C14H21ClN2O/c1-10-8-14(13(16)9-12(10)15)17-5-2-11-3-6-18-7-4-11/h8-9,11,17H,2-7,16H2,1H3. The van der Waals surface area contributed by atoms with Gasteiger partial charge in [-0.3, -0.25) is 0 Å². The highest BCUT2D eigenvalue weighted by Crippen LogP contribution is 2.27. The molecule has 1 aliphatic heterocycles. The van der Waals surface area contributed by atoms with Crippen LogP contribution in [0.1, 0.15) is 24.8 Å². The van der Waals surface area contributed by atoms with Crippen molar-refractivity contribution in [3.8, 4) is 0 Å². The maximum atomic E-state index is 6.02. The van der Waals surface area contributed by atoms with E-state index >= 15 is 0 Å². The summed E-state index contributed by atoms with van der Waals surface area (Å²) in [6.45, 7) is 4.76. The molecule has 100 valence electrons. The Kier molecular flexibility index (Phi) is 4.72. The van der Waals surface area contributed by atoms with Gasteiger partial charge in [0.2, 0.25) is 0 Å². The van der Waals surface area contributed by atoms with E-state index in [0.29, 0.717) is 0 Å². The average molecular weight is 269 g/mol. The molecule has 1 saturated heterocycles. The van der Waals surface area contributed by atoms with Crippen molar-refractivity contribution in [3.63, 3.8) is 0 Å². The van der Waals surface area contributed by atoms with Crippen LogP contribution in [0.5, 0.6) is 0 Å². The van der Waals surface area contributed by atoms with Gasteiger partial charge < -0.3 is 15.8 Å². The van der Waals surface area contributed by atoms with Crippen LogP contribution in [0.4, 0.5) is 11.4 Å². The molecule has 0 amide bonds. The van der Waals surface area contributed by atoms with Crippen LogP contribution in [-0.4, -0.2) is 19.8 Å². The molecule has 4 heteroatoms. The van der Waals surface area contributed by atoms with Gasteiger partial charge in [-0.2, -0.15) is 0 Å². The minimum atomic E-state index is 0.720. The molecular formula is C14H21ClN2O. The van der Waals surface area contributed by atoms with Crippen LogP contribution >= 0.6 is 11.6 Å². The summed E-state index contributed by atoms with van der Waals surface area (Å²) in [6, 6.07) is 3.83. The van der Waals surface area contributed by atoms with Crippen molar-refractivity contribution in [2.45, 2.75) is 26.2 Å². The molecule has 3 N–H and O–H groups in total. The monoisotopic (exact) mass is 268 g/mol. The van der Waals surface area contributed by atoms with Gasteiger partial charge in [0.05, 0.1) is 11.4 Å². The van der Waals surface area contributed by atoms with Crippen LogP contribution in [0.25, 0.3) is 0 Å². The molecule has 3 nitrogen and oxygen atoms in total. The summed E-state index contributed by atoms with van der Waals surface area (Å²) in [5, 5.41) is 4.13. The van der Waals surface area contributed by atoms with E-state index in [4.69, 9.17) is 22.1 Å². The van der Waals surface area contributed by atoms with Gasteiger partial charge in [0.25, 0.3) is 0 Å². The molecule has 0 spiro atoms. The van der Waals surface area contributed by atoms with Crippen LogP contribution < -0.4 is 11.1 Å². The first-order chi connectivity index (χ1) is 8.66. The third-order valence-corrected chi connectivity index (χ3v) is 3.95. The second-order valence-electron chi connectivity index (χ2n) is 4.96. The quantitative estimate of drug-likeness (QED) is 0.822. The number of rotatable bonds is 4. The van der Waals surface area contributed by atoms with Gasteiger partial charge in [-0.25, -0.2) is 0 Å². The van der Waals surface area contributed by atoms with Crippen molar-refractivity contribution < 1.29 is 4.74 Å². The Balaban J connectivity index is 1.84. The van der Waals surface area contributed by atoms with Crippen molar-refractivity contribution in [2.24, 2.45) is 5.92 Å². The number of ether oxygens (including phenoxy) is 1. The zero-order chi connectivity index (χ0) is 13.0. The van der Waals surface area contributed by atoms with Crippen molar-refractivity contribution in [1.29, 1.82) is 0 Å². The fourth-order valence-corrected chi connectivity index (χ4v) is 2.47. The fourth-order valence-electron chi connectivity index (χ4n) is 2.30. The van der Waals surface area contributed by atoms with E-state index < -0.39 is 0 Å². The van der Waals surface area contributed by atoms with Gasteiger partial charge in [-0.15, -0.1) is 0 Å². The molecule has 2 rings (SSSR count). The van der Waals surface area contributed by atoms with Gasteiger partial charge in [0.1, 0.15) is 0 Å². The summed E-state index contributed by atoms with van der Waals surface area (Å²) < 4.78 is 5.36. The number of nitrogens with one attached hydrogen (secondary N) is 1. The van der Waals surface area contributed by atoms with E-state index in [1.807, 2.05) is 19.1 Å². The Morgan fingerprint density at radius 3 is 2.83 bits per heavy atom. The number of nitrogens with two attached hydrogens (primary N) is 1. The van der Waals surface area contributed by atoms with Crippen molar-refractivity contribution in [1.82, 2.24) is 0 Å². The zero-order valence-electron chi connectivity index (χ0n) is 10.8. The van der Waals surface area contributed by atoms with E-state index in [9.17, 15) is 0 Å². The number of anilines is 2. The topological polar surface area (TPSA) is 47.3 Å². The predicted octanol–water partition coefficient (Wildman–Crippen LogP) is 3.46. The molecule has 1 aliphatic rings. The lowest BCUT2D eigenvalue weighted by molar-refractivity contribution is 0.0649. The van der Waals surface area contributed by atoms with Crippen molar-refractivity contribution in [2.75, 3.05) is 30.8 Å². The summed E-state index contributed by atoms with van der Waals surface area (Å²) in [4.78, 5) is 0. The van der Waals surface area contributed by atoms with E-state index in [1.54, 1.807) is 0 Å². The molecular weight excluding hydrogens is 248 g/mol. The SMILES string of the molecule is Cc1cc(NCCC2CCOCC2)c(N)cc1Cl. The van der Waals surface area contributed by atoms with Gasteiger partial charge >= 0.3 is 0 Å². The molecule has 0 unspecified atom stereocenters. The number of nitrogen functional groups attached to an aromatic ring is 1. The van der Waals surface area contributed by atoms with Crippen LogP contribution in [0.15, 0.2) is 12.1 Å². The van der Waals surface area contributed by atoms with E-state index in [2.05, 4.69) is 5.32 Å². The summed E-state index contributed by atoms with van der Waals surface area (Å²) >= 11 is 6.02. The number of benzene rings is 1. The van der Waals surface area contributed by atoms with Crippen LogP contribution in [-0.2, 0) is 4.74 Å². The molecule has 0 atom stereocenters. The third kappa shape index (κ3) is 3.53. The number of hydrogen-bond acceptors (Lipinski definition) is 3. The zero-order valence-corrected chi connectivity index (χ0v) is 11.6. The lowest BCUT2D eigenvalue weighted by Gasteiger charge is -2.22. The summed E-state index contributed by atoms with van der Waals surface area (Å²) in [7, 11) is 0. The van der Waals surface area contributed by atoms with Crippen molar-refractivity contribution >= 4 is 23.0 Å². The molecule has 1 aromatic carbocycles. The number of halogens is 1. The normalized spacial score (nSPS) is 16.8. The second-order valence-corrected chi connectivity index (χ2v) is 5.37. The van der Waals surface area contributed by atoms with Crippen LogP contribution in [0, 0.1) is 12.8 Å². The Morgan fingerprint density at radius 1 is 1.39 bits per heavy atom. The first-order valence-electron chi connectivity index (χ1n) is 6.54. The number of aryl methyl sites for hydroxylation is 1. The maximum absolute atomic E-state index is 6.02. The lowest BCUT2D eigenvalue weighted by Crippen LogP contribution is -2.18. The Bertz CT molecular complexity index is 403. The third-order valence-electron chi connectivity index (χ3n) is 3.54. The van der Waals surface area contributed by atoms with E-state index in [-0.39, 0.29) is 0 Å². The predicted molar refractivity (Wildman–Crippen MR) is 77.3 cm³/mol. The Labute approximate surface area is 114 Å². The highest BCUT2D eigenvalue weighted by Gasteiger charge is 2.13. The molecule has 0 bridgehead atoms. The molecule has 0 radical (unpaired) electrons. The molecule has 18 heavy (non-hydrogen) atoms. The molecule has 1 heterocycles. The Hall–Kier alpha value is -0.930. The molecule has 0 aromatic heterocycles. The minimum Gasteiger partial charge on any atom is -0.397 e. The van der Waals surface area contributed by atoms with Gasteiger partial charge in [0, 0.05) is 24.8 Å². The molecule has 1 fully saturated rings.